The number of hydrogen-bond acceptors (Lipinski definition) is 5. The standard InChI is InChI=1S/C35H37Cl2N3O5S/c1-3-4-21-38-35(42)32(22-26-11-7-5-8-12-26)39(24-27-15-17-28(36)18-16-27)34(41)25-40(31-23-29(37)19-20-33(31)45-2)46(43,44)30-13-9-6-10-14-30/h5-20,23,32H,3-4,21-22,24-25H2,1-2H3,(H,38,42). The number of unbranched alkanes of at least 4 members (excludes halogenated alkanes) is 1. The van der Waals surface area contributed by atoms with Gasteiger partial charge in [0.05, 0.1) is 17.7 Å². The van der Waals surface area contributed by atoms with E-state index < -0.39 is 28.5 Å². The molecule has 46 heavy (non-hydrogen) atoms. The van der Waals surface area contributed by atoms with Gasteiger partial charge in [0.15, 0.2) is 0 Å². The van der Waals surface area contributed by atoms with Crippen LogP contribution in [0.2, 0.25) is 10.0 Å². The fourth-order valence-corrected chi connectivity index (χ4v) is 6.67. The van der Waals surface area contributed by atoms with Crippen molar-refractivity contribution in [3.05, 3.63) is 124 Å². The highest BCUT2D eigenvalue weighted by atomic mass is 35.5. The lowest BCUT2D eigenvalue weighted by molar-refractivity contribution is -0.140. The van der Waals surface area contributed by atoms with E-state index in [-0.39, 0.29) is 40.2 Å². The van der Waals surface area contributed by atoms with E-state index in [4.69, 9.17) is 27.9 Å². The number of amides is 2. The average molecular weight is 683 g/mol. The Kier molecular flexibility index (Phi) is 12.5. The van der Waals surface area contributed by atoms with Crippen molar-refractivity contribution >= 4 is 50.7 Å². The summed E-state index contributed by atoms with van der Waals surface area (Å²) in [5, 5.41) is 3.76. The average Bonchev–Trinajstić information content (AvgIpc) is 3.06. The zero-order valence-corrected chi connectivity index (χ0v) is 28.1. The second-order valence-electron chi connectivity index (χ2n) is 10.6. The number of sulfonamides is 1. The first kappa shape index (κ1) is 34.8. The van der Waals surface area contributed by atoms with Crippen LogP contribution in [0, 0.1) is 0 Å². The van der Waals surface area contributed by atoms with E-state index in [0.717, 1.165) is 28.3 Å². The number of nitrogens with zero attached hydrogens (tertiary/aromatic N) is 2. The summed E-state index contributed by atoms with van der Waals surface area (Å²) in [6.45, 7) is 1.86. The summed E-state index contributed by atoms with van der Waals surface area (Å²) in [5.74, 6) is -0.723. The van der Waals surface area contributed by atoms with Crippen LogP contribution in [-0.4, -0.2) is 51.4 Å². The van der Waals surface area contributed by atoms with E-state index in [9.17, 15) is 18.0 Å². The third-order valence-corrected chi connectivity index (χ3v) is 9.65. The van der Waals surface area contributed by atoms with Gasteiger partial charge in [0.25, 0.3) is 10.0 Å². The number of carbonyl (C=O) groups excluding carboxylic acids is 2. The Morgan fingerprint density at radius 1 is 0.848 bits per heavy atom. The number of hydrogen-bond donors (Lipinski definition) is 1. The van der Waals surface area contributed by atoms with Crippen molar-refractivity contribution in [3.8, 4) is 5.75 Å². The highest BCUT2D eigenvalue weighted by Crippen LogP contribution is 2.35. The van der Waals surface area contributed by atoms with E-state index >= 15 is 0 Å². The third kappa shape index (κ3) is 9.02. The summed E-state index contributed by atoms with van der Waals surface area (Å²) in [4.78, 5) is 29.8. The molecule has 4 aromatic rings. The van der Waals surface area contributed by atoms with Gasteiger partial charge in [-0.2, -0.15) is 0 Å². The smallest absolute Gasteiger partial charge is 0.264 e. The molecule has 0 radical (unpaired) electrons. The third-order valence-electron chi connectivity index (χ3n) is 7.39. The van der Waals surface area contributed by atoms with Gasteiger partial charge in [0.2, 0.25) is 11.8 Å². The number of methoxy groups -OCH3 is 1. The molecule has 1 unspecified atom stereocenters. The molecule has 0 aromatic heterocycles. The van der Waals surface area contributed by atoms with Gasteiger partial charge in [0.1, 0.15) is 18.3 Å². The van der Waals surface area contributed by atoms with Crippen LogP contribution < -0.4 is 14.4 Å². The van der Waals surface area contributed by atoms with Gasteiger partial charge >= 0.3 is 0 Å². The van der Waals surface area contributed by atoms with Gasteiger partial charge in [-0.05, 0) is 60.0 Å². The Morgan fingerprint density at radius 2 is 1.48 bits per heavy atom. The van der Waals surface area contributed by atoms with Crippen molar-refractivity contribution in [2.45, 2.75) is 43.7 Å². The summed E-state index contributed by atoms with van der Waals surface area (Å²) >= 11 is 12.5. The molecule has 242 valence electrons. The largest absolute Gasteiger partial charge is 0.495 e. The molecule has 4 aromatic carbocycles. The molecule has 0 fully saturated rings. The first-order valence-electron chi connectivity index (χ1n) is 14.9. The van der Waals surface area contributed by atoms with Crippen molar-refractivity contribution in [3.63, 3.8) is 0 Å². The van der Waals surface area contributed by atoms with E-state index in [0.29, 0.717) is 11.6 Å². The number of carbonyl (C=O) groups is 2. The molecule has 11 heteroatoms. The van der Waals surface area contributed by atoms with Crippen LogP contribution in [0.5, 0.6) is 5.75 Å². The van der Waals surface area contributed by atoms with Crippen molar-refractivity contribution in [1.29, 1.82) is 0 Å². The number of benzene rings is 4. The van der Waals surface area contributed by atoms with Crippen LogP contribution in [0.4, 0.5) is 5.69 Å². The quantitative estimate of drug-likeness (QED) is 0.140. The second-order valence-corrected chi connectivity index (χ2v) is 13.4. The van der Waals surface area contributed by atoms with Crippen LogP contribution in [0.15, 0.2) is 108 Å². The molecule has 0 heterocycles. The van der Waals surface area contributed by atoms with Crippen molar-refractivity contribution < 1.29 is 22.7 Å². The zero-order valence-electron chi connectivity index (χ0n) is 25.7. The van der Waals surface area contributed by atoms with Crippen LogP contribution in [0.25, 0.3) is 0 Å². The summed E-state index contributed by atoms with van der Waals surface area (Å²) < 4.78 is 34.9. The van der Waals surface area contributed by atoms with Crippen molar-refractivity contribution in [1.82, 2.24) is 10.2 Å². The van der Waals surface area contributed by atoms with Crippen LogP contribution in [0.1, 0.15) is 30.9 Å². The molecule has 1 N–H and O–H groups in total. The molecule has 0 spiro atoms. The molecule has 0 aliphatic carbocycles. The molecule has 0 aliphatic heterocycles. The maximum Gasteiger partial charge on any atom is 0.264 e. The molecule has 2 amide bonds. The molecule has 8 nitrogen and oxygen atoms in total. The SMILES string of the molecule is CCCCNC(=O)C(Cc1ccccc1)N(Cc1ccc(Cl)cc1)C(=O)CN(c1cc(Cl)ccc1OC)S(=O)(=O)c1ccccc1. The lowest BCUT2D eigenvalue weighted by Crippen LogP contribution is -2.53. The molecule has 4 rings (SSSR count). The Balaban J connectivity index is 1.82. The van der Waals surface area contributed by atoms with Crippen LogP contribution in [-0.2, 0) is 32.6 Å². The zero-order chi connectivity index (χ0) is 33.1. The first-order valence-corrected chi connectivity index (χ1v) is 17.1. The van der Waals surface area contributed by atoms with Gasteiger partial charge < -0.3 is 15.0 Å². The maximum atomic E-state index is 14.6. The van der Waals surface area contributed by atoms with Crippen molar-refractivity contribution in [2.24, 2.45) is 0 Å². The minimum absolute atomic E-state index is 0.0211. The molecule has 0 saturated carbocycles. The molecular formula is C35H37Cl2N3O5S. The van der Waals surface area contributed by atoms with Crippen molar-refractivity contribution in [2.75, 3.05) is 24.5 Å². The van der Waals surface area contributed by atoms with Gasteiger partial charge in [-0.25, -0.2) is 8.42 Å². The second kappa shape index (κ2) is 16.5. The lowest BCUT2D eigenvalue weighted by atomic mass is 10.0. The lowest BCUT2D eigenvalue weighted by Gasteiger charge is -2.34. The first-order chi connectivity index (χ1) is 22.1. The summed E-state index contributed by atoms with van der Waals surface area (Å²) in [6.07, 6.45) is 1.86. The van der Waals surface area contributed by atoms with Gasteiger partial charge in [0, 0.05) is 29.6 Å². The van der Waals surface area contributed by atoms with Gasteiger partial charge in [-0.15, -0.1) is 0 Å². The Hall–Kier alpha value is -4.05. The number of nitrogens with one attached hydrogen (secondary N) is 1. The van der Waals surface area contributed by atoms with E-state index in [2.05, 4.69) is 5.32 Å². The number of rotatable bonds is 15. The molecular weight excluding hydrogens is 645 g/mol. The minimum atomic E-state index is -4.30. The number of halogens is 2. The van der Waals surface area contributed by atoms with Gasteiger partial charge in [-0.3, -0.25) is 13.9 Å². The summed E-state index contributed by atoms with van der Waals surface area (Å²) in [5.41, 5.74) is 1.65. The summed E-state index contributed by atoms with van der Waals surface area (Å²) in [7, 11) is -2.90. The fraction of sp³-hybridized carbons (Fsp3) is 0.257. The molecule has 0 saturated heterocycles. The number of ether oxygens (including phenoxy) is 1. The fourth-order valence-electron chi connectivity index (χ4n) is 4.94. The predicted molar refractivity (Wildman–Crippen MR) is 183 cm³/mol. The summed E-state index contributed by atoms with van der Waals surface area (Å²) in [6, 6.07) is 27.8. The maximum absolute atomic E-state index is 14.6. The van der Waals surface area contributed by atoms with E-state index in [1.165, 1.54) is 30.2 Å². The Morgan fingerprint density at radius 3 is 2.11 bits per heavy atom. The Labute approximate surface area is 280 Å². The normalized spacial score (nSPS) is 11.8. The number of anilines is 1. The monoisotopic (exact) mass is 681 g/mol. The predicted octanol–water partition coefficient (Wildman–Crippen LogP) is 6.75. The minimum Gasteiger partial charge on any atom is -0.495 e. The van der Waals surface area contributed by atoms with E-state index in [1.807, 2.05) is 37.3 Å². The highest BCUT2D eigenvalue weighted by molar-refractivity contribution is 7.92. The molecule has 0 bridgehead atoms. The van der Waals surface area contributed by atoms with Crippen LogP contribution in [0.3, 0.4) is 0 Å². The van der Waals surface area contributed by atoms with E-state index in [1.54, 1.807) is 54.6 Å². The topological polar surface area (TPSA) is 96.0 Å². The van der Waals surface area contributed by atoms with Crippen LogP contribution >= 0.6 is 23.2 Å². The molecule has 0 aliphatic rings. The molecule has 1 atom stereocenters. The van der Waals surface area contributed by atoms with Gasteiger partial charge in [-0.1, -0.05) is 97.2 Å². The Bertz CT molecular complexity index is 1710. The highest BCUT2D eigenvalue weighted by Gasteiger charge is 2.35.